The topological polar surface area (TPSA) is 84.1 Å². The zero-order valence-electron chi connectivity index (χ0n) is 12.1. The van der Waals surface area contributed by atoms with Crippen LogP contribution in [0.2, 0.25) is 0 Å². The molecule has 0 bridgehead atoms. The SMILES string of the molecule is CNC(=O)c1ccc(N(C)CCC(N)C(C)C)nn1. The molecule has 0 spiro atoms. The van der Waals surface area contributed by atoms with Gasteiger partial charge in [-0.1, -0.05) is 13.8 Å². The van der Waals surface area contributed by atoms with Gasteiger partial charge in [-0.2, -0.15) is 0 Å². The molecule has 3 N–H and O–H groups in total. The molecular weight excluding hydrogens is 242 g/mol. The number of carbonyl (C=O) groups excluding carboxylic acids is 1. The third-order valence-corrected chi connectivity index (χ3v) is 3.16. The molecule has 1 atom stereocenters. The predicted octanol–water partition coefficient (Wildman–Crippen LogP) is 0.646. The van der Waals surface area contributed by atoms with E-state index in [2.05, 4.69) is 29.4 Å². The molecule has 0 radical (unpaired) electrons. The zero-order valence-corrected chi connectivity index (χ0v) is 12.1. The summed E-state index contributed by atoms with van der Waals surface area (Å²) in [6.45, 7) is 5.04. The van der Waals surface area contributed by atoms with Crippen LogP contribution in [-0.2, 0) is 0 Å². The van der Waals surface area contributed by atoms with E-state index in [0.29, 0.717) is 11.6 Å². The summed E-state index contributed by atoms with van der Waals surface area (Å²) in [4.78, 5) is 13.3. The van der Waals surface area contributed by atoms with Crippen LogP contribution in [0.5, 0.6) is 0 Å². The quantitative estimate of drug-likeness (QED) is 0.789. The van der Waals surface area contributed by atoms with Gasteiger partial charge in [0.1, 0.15) is 0 Å². The number of nitrogens with one attached hydrogen (secondary N) is 1. The fourth-order valence-electron chi connectivity index (χ4n) is 1.57. The molecule has 0 aliphatic heterocycles. The predicted molar refractivity (Wildman–Crippen MR) is 76.1 cm³/mol. The summed E-state index contributed by atoms with van der Waals surface area (Å²) in [6.07, 6.45) is 0.896. The zero-order chi connectivity index (χ0) is 14.4. The number of nitrogens with zero attached hydrogens (tertiary/aromatic N) is 3. The van der Waals surface area contributed by atoms with Crippen molar-refractivity contribution in [1.29, 1.82) is 0 Å². The molecule has 1 unspecified atom stereocenters. The third kappa shape index (κ3) is 4.48. The number of hydrogen-bond acceptors (Lipinski definition) is 5. The number of carbonyl (C=O) groups is 1. The maximum absolute atomic E-state index is 11.3. The lowest BCUT2D eigenvalue weighted by Gasteiger charge is -2.21. The Morgan fingerprint density at radius 1 is 1.42 bits per heavy atom. The average Bonchev–Trinajstić information content (AvgIpc) is 2.43. The van der Waals surface area contributed by atoms with E-state index >= 15 is 0 Å². The Labute approximate surface area is 114 Å². The van der Waals surface area contributed by atoms with Gasteiger partial charge in [0.05, 0.1) is 0 Å². The van der Waals surface area contributed by atoms with Gasteiger partial charge in [-0.05, 0) is 24.5 Å². The molecular formula is C13H23N5O. The second kappa shape index (κ2) is 7.04. The Bertz CT molecular complexity index is 404. The molecule has 0 fully saturated rings. The number of aromatic nitrogens is 2. The van der Waals surface area contributed by atoms with E-state index in [0.717, 1.165) is 18.8 Å². The van der Waals surface area contributed by atoms with Crippen molar-refractivity contribution in [2.24, 2.45) is 11.7 Å². The number of anilines is 1. The van der Waals surface area contributed by atoms with Crippen LogP contribution in [0.25, 0.3) is 0 Å². The minimum absolute atomic E-state index is 0.181. The van der Waals surface area contributed by atoms with Gasteiger partial charge in [0, 0.05) is 26.7 Å². The second-order valence-corrected chi connectivity index (χ2v) is 4.97. The largest absolute Gasteiger partial charge is 0.358 e. The van der Waals surface area contributed by atoms with Crippen LogP contribution in [0.4, 0.5) is 5.82 Å². The molecule has 1 aromatic rings. The Balaban J connectivity index is 2.58. The van der Waals surface area contributed by atoms with Gasteiger partial charge in [-0.25, -0.2) is 0 Å². The van der Waals surface area contributed by atoms with Gasteiger partial charge in [-0.3, -0.25) is 4.79 Å². The van der Waals surface area contributed by atoms with E-state index in [9.17, 15) is 4.79 Å². The van der Waals surface area contributed by atoms with Crippen molar-refractivity contribution < 1.29 is 4.79 Å². The molecule has 106 valence electrons. The minimum atomic E-state index is -0.233. The molecule has 0 saturated heterocycles. The van der Waals surface area contributed by atoms with Crippen molar-refractivity contribution in [1.82, 2.24) is 15.5 Å². The molecule has 1 amide bonds. The van der Waals surface area contributed by atoms with Gasteiger partial charge < -0.3 is 16.0 Å². The van der Waals surface area contributed by atoms with E-state index in [1.54, 1.807) is 19.2 Å². The lowest BCUT2D eigenvalue weighted by atomic mass is 10.0. The molecule has 0 aliphatic rings. The summed E-state index contributed by atoms with van der Waals surface area (Å²) < 4.78 is 0. The highest BCUT2D eigenvalue weighted by Crippen LogP contribution is 2.10. The lowest BCUT2D eigenvalue weighted by Crippen LogP contribution is -2.32. The van der Waals surface area contributed by atoms with Crippen LogP contribution in [0, 0.1) is 5.92 Å². The lowest BCUT2D eigenvalue weighted by molar-refractivity contribution is 0.0957. The van der Waals surface area contributed by atoms with Gasteiger partial charge in [0.2, 0.25) is 0 Å². The van der Waals surface area contributed by atoms with E-state index in [4.69, 9.17) is 5.73 Å². The molecule has 1 heterocycles. The van der Waals surface area contributed by atoms with E-state index in [1.165, 1.54) is 0 Å². The van der Waals surface area contributed by atoms with Crippen LogP contribution in [-0.4, -0.2) is 42.8 Å². The number of rotatable bonds is 6. The third-order valence-electron chi connectivity index (χ3n) is 3.16. The number of nitrogens with two attached hydrogens (primary N) is 1. The molecule has 0 aliphatic carbocycles. The van der Waals surface area contributed by atoms with E-state index < -0.39 is 0 Å². The number of hydrogen-bond donors (Lipinski definition) is 2. The molecule has 6 nitrogen and oxygen atoms in total. The summed E-state index contributed by atoms with van der Waals surface area (Å²) in [7, 11) is 3.51. The van der Waals surface area contributed by atoms with Gasteiger partial charge in [0.15, 0.2) is 11.5 Å². The highest BCUT2D eigenvalue weighted by Gasteiger charge is 2.11. The highest BCUT2D eigenvalue weighted by molar-refractivity contribution is 5.91. The second-order valence-electron chi connectivity index (χ2n) is 4.97. The first-order valence-electron chi connectivity index (χ1n) is 6.48. The first-order chi connectivity index (χ1) is 8.95. The van der Waals surface area contributed by atoms with Crippen LogP contribution in [0.3, 0.4) is 0 Å². The van der Waals surface area contributed by atoms with Crippen molar-refractivity contribution in [3.8, 4) is 0 Å². The summed E-state index contributed by atoms with van der Waals surface area (Å²) in [5.74, 6) is 0.974. The molecule has 1 aromatic heterocycles. The standard InChI is InChI=1S/C13H23N5O/c1-9(2)10(14)7-8-18(4)12-6-5-11(16-17-12)13(19)15-3/h5-6,9-10H,7-8,14H2,1-4H3,(H,15,19). The van der Waals surface area contributed by atoms with Crippen LogP contribution < -0.4 is 16.0 Å². The molecule has 19 heavy (non-hydrogen) atoms. The number of amides is 1. The maximum Gasteiger partial charge on any atom is 0.271 e. The summed E-state index contributed by atoms with van der Waals surface area (Å²) >= 11 is 0. The minimum Gasteiger partial charge on any atom is -0.358 e. The van der Waals surface area contributed by atoms with Crippen molar-refractivity contribution in [3.63, 3.8) is 0 Å². The van der Waals surface area contributed by atoms with Gasteiger partial charge in [0.25, 0.3) is 5.91 Å². The van der Waals surface area contributed by atoms with Crippen molar-refractivity contribution in [3.05, 3.63) is 17.8 Å². The Hall–Kier alpha value is -1.69. The fraction of sp³-hybridized carbons (Fsp3) is 0.615. The van der Waals surface area contributed by atoms with Crippen LogP contribution in [0.1, 0.15) is 30.8 Å². The average molecular weight is 265 g/mol. The normalized spacial score (nSPS) is 12.3. The Morgan fingerprint density at radius 2 is 2.11 bits per heavy atom. The first kappa shape index (κ1) is 15.4. The van der Waals surface area contributed by atoms with Gasteiger partial charge >= 0.3 is 0 Å². The molecule has 0 aromatic carbocycles. The summed E-state index contributed by atoms with van der Waals surface area (Å²) in [5.41, 5.74) is 6.33. The Morgan fingerprint density at radius 3 is 2.58 bits per heavy atom. The van der Waals surface area contributed by atoms with Crippen molar-refractivity contribution in [2.45, 2.75) is 26.3 Å². The van der Waals surface area contributed by atoms with Crippen LogP contribution in [0.15, 0.2) is 12.1 Å². The summed E-state index contributed by atoms with van der Waals surface area (Å²) in [5, 5.41) is 10.5. The summed E-state index contributed by atoms with van der Waals surface area (Å²) in [6, 6.07) is 3.64. The molecule has 1 rings (SSSR count). The van der Waals surface area contributed by atoms with E-state index in [1.807, 2.05) is 11.9 Å². The molecule has 0 saturated carbocycles. The van der Waals surface area contributed by atoms with Gasteiger partial charge in [-0.15, -0.1) is 10.2 Å². The molecule has 6 heteroatoms. The Kier molecular flexibility index (Phi) is 5.69. The van der Waals surface area contributed by atoms with Crippen LogP contribution >= 0.6 is 0 Å². The monoisotopic (exact) mass is 265 g/mol. The smallest absolute Gasteiger partial charge is 0.271 e. The van der Waals surface area contributed by atoms with Crippen molar-refractivity contribution in [2.75, 3.05) is 25.5 Å². The highest BCUT2D eigenvalue weighted by atomic mass is 16.1. The van der Waals surface area contributed by atoms with E-state index in [-0.39, 0.29) is 11.9 Å². The first-order valence-corrected chi connectivity index (χ1v) is 6.48. The van der Waals surface area contributed by atoms with Crippen molar-refractivity contribution >= 4 is 11.7 Å². The fourth-order valence-corrected chi connectivity index (χ4v) is 1.57. The maximum atomic E-state index is 11.3.